The molecule has 1 saturated carbocycles. The summed E-state index contributed by atoms with van der Waals surface area (Å²) in [6, 6.07) is 31.3. The Morgan fingerprint density at radius 2 is 1.62 bits per heavy atom. The van der Waals surface area contributed by atoms with Crippen LogP contribution in [0, 0.1) is 16.0 Å². The molecule has 2 aliphatic heterocycles. The van der Waals surface area contributed by atoms with Crippen LogP contribution in [0.2, 0.25) is 0 Å². The molecule has 1 aliphatic carbocycles. The van der Waals surface area contributed by atoms with Gasteiger partial charge in [0.15, 0.2) is 0 Å². The minimum Gasteiger partial charge on any atom is -0.314 e. The monoisotopic (exact) mass is 485 g/mol. The number of benzene rings is 4. The van der Waals surface area contributed by atoms with E-state index in [1.807, 2.05) is 30.3 Å². The van der Waals surface area contributed by atoms with Crippen LogP contribution in [-0.4, -0.2) is 10.6 Å². The molecule has 182 valence electrons. The van der Waals surface area contributed by atoms with Gasteiger partial charge in [-0.25, -0.2) is 0 Å². The number of nitro groups is 1. The van der Waals surface area contributed by atoms with Crippen LogP contribution in [0.3, 0.4) is 0 Å². The number of hydrogen-bond acceptors (Lipinski definition) is 4. The van der Waals surface area contributed by atoms with Crippen molar-refractivity contribution in [3.63, 3.8) is 0 Å². The molecule has 3 atom stereocenters. The molecule has 4 aromatic carbocycles. The Balaban J connectivity index is 1.57. The van der Waals surface area contributed by atoms with Crippen LogP contribution < -0.4 is 15.5 Å². The van der Waals surface area contributed by atoms with E-state index in [1.54, 1.807) is 0 Å². The SMILES string of the molecule is O=[N+]([O-])/C=c1\cc2c(c3ccccc13)=NC13CCCCC1C(c1ccccc1)C=C(c1ccccc1)N23. The van der Waals surface area contributed by atoms with Crippen molar-refractivity contribution in [3.8, 4) is 0 Å². The van der Waals surface area contributed by atoms with Crippen LogP contribution in [0.25, 0.3) is 22.7 Å². The van der Waals surface area contributed by atoms with Crippen LogP contribution in [0.4, 0.5) is 5.69 Å². The Bertz CT molecular complexity index is 1680. The Kier molecular flexibility index (Phi) is 5.00. The maximum absolute atomic E-state index is 11.6. The first-order valence-corrected chi connectivity index (χ1v) is 13.1. The molecule has 5 heteroatoms. The third-order valence-corrected chi connectivity index (χ3v) is 8.38. The Morgan fingerprint density at radius 3 is 2.38 bits per heavy atom. The number of hydrogen-bond donors (Lipinski definition) is 0. The summed E-state index contributed by atoms with van der Waals surface area (Å²) < 4.78 is 0. The zero-order valence-corrected chi connectivity index (χ0v) is 20.5. The van der Waals surface area contributed by atoms with Gasteiger partial charge in [-0.1, -0.05) is 97.4 Å². The van der Waals surface area contributed by atoms with Gasteiger partial charge in [0, 0.05) is 22.9 Å². The molecule has 0 amide bonds. The molecular formula is C32H27N3O2. The third kappa shape index (κ3) is 3.34. The summed E-state index contributed by atoms with van der Waals surface area (Å²) in [4.78, 5) is 19.3. The van der Waals surface area contributed by atoms with Crippen LogP contribution in [0.15, 0.2) is 102 Å². The standard InChI is InChI=1S/C32H27N3O2/c36-34(37)21-24-19-30-31(26-16-8-7-15-25(24)26)33-32-18-10-9-17-28(32)27(22-11-3-1-4-12-22)20-29(35(30)32)23-13-5-2-6-14-23/h1-8,11-16,19-21,27-28H,9-10,17-18H2/b24-21+. The average Bonchev–Trinajstić information content (AvgIpc) is 3.27. The molecular weight excluding hydrogens is 458 g/mol. The van der Waals surface area contributed by atoms with Crippen LogP contribution in [0.1, 0.15) is 42.7 Å². The molecule has 1 spiro atoms. The van der Waals surface area contributed by atoms with E-state index < -0.39 is 5.66 Å². The maximum Gasteiger partial charge on any atom is 0.242 e. The number of nitrogens with zero attached hydrogens (tertiary/aromatic N) is 3. The van der Waals surface area contributed by atoms with E-state index in [2.05, 4.69) is 71.6 Å². The summed E-state index contributed by atoms with van der Waals surface area (Å²) in [5, 5.41) is 15.0. The maximum atomic E-state index is 11.6. The van der Waals surface area contributed by atoms with E-state index in [-0.39, 0.29) is 10.8 Å². The lowest BCUT2D eigenvalue weighted by atomic mass is 9.66. The summed E-state index contributed by atoms with van der Waals surface area (Å²) in [6.07, 6.45) is 7.91. The lowest BCUT2D eigenvalue weighted by Crippen LogP contribution is -2.55. The quantitative estimate of drug-likeness (QED) is 0.263. The zero-order chi connectivity index (χ0) is 25.0. The van der Waals surface area contributed by atoms with Gasteiger partial charge in [-0.15, -0.1) is 0 Å². The predicted molar refractivity (Wildman–Crippen MR) is 147 cm³/mol. The molecule has 1 fully saturated rings. The van der Waals surface area contributed by atoms with E-state index in [0.717, 1.165) is 58.5 Å². The molecule has 37 heavy (non-hydrogen) atoms. The molecule has 3 aliphatic rings. The predicted octanol–water partition coefficient (Wildman–Crippen LogP) is 6.02. The van der Waals surface area contributed by atoms with Crippen molar-refractivity contribution in [3.05, 3.63) is 129 Å². The Morgan fingerprint density at radius 1 is 0.919 bits per heavy atom. The molecule has 0 radical (unpaired) electrons. The van der Waals surface area contributed by atoms with E-state index in [1.165, 1.54) is 12.0 Å². The zero-order valence-electron chi connectivity index (χ0n) is 20.5. The van der Waals surface area contributed by atoms with Crippen LogP contribution in [0.5, 0.6) is 0 Å². The molecule has 0 N–H and O–H groups in total. The van der Waals surface area contributed by atoms with Crippen molar-refractivity contribution in [2.45, 2.75) is 37.3 Å². The minimum atomic E-state index is -0.420. The first kappa shape index (κ1) is 22.0. The second-order valence-corrected chi connectivity index (χ2v) is 10.3. The van der Waals surface area contributed by atoms with Gasteiger partial charge in [0.1, 0.15) is 5.66 Å². The van der Waals surface area contributed by atoms with Crippen LogP contribution in [-0.2, 0) is 0 Å². The number of allylic oxidation sites excluding steroid dienone is 1. The van der Waals surface area contributed by atoms with E-state index >= 15 is 0 Å². The van der Waals surface area contributed by atoms with Crippen molar-refractivity contribution in [2.24, 2.45) is 10.9 Å². The minimum absolute atomic E-state index is 0.238. The first-order valence-electron chi connectivity index (χ1n) is 13.1. The molecule has 7 rings (SSSR count). The fourth-order valence-corrected chi connectivity index (χ4v) is 6.92. The summed E-state index contributed by atoms with van der Waals surface area (Å²) in [6.45, 7) is 0. The van der Waals surface area contributed by atoms with Gasteiger partial charge in [-0.3, -0.25) is 15.1 Å². The fourth-order valence-electron chi connectivity index (χ4n) is 6.92. The summed E-state index contributed by atoms with van der Waals surface area (Å²) in [7, 11) is 0. The lowest BCUT2D eigenvalue weighted by Gasteiger charge is -2.53. The van der Waals surface area contributed by atoms with Crippen molar-refractivity contribution >= 4 is 28.4 Å². The molecule has 2 heterocycles. The van der Waals surface area contributed by atoms with Gasteiger partial charge in [-0.2, -0.15) is 0 Å². The molecule has 0 aromatic heterocycles. The second kappa shape index (κ2) is 8.41. The molecule has 0 bridgehead atoms. The van der Waals surface area contributed by atoms with Crippen molar-refractivity contribution < 1.29 is 4.92 Å². The van der Waals surface area contributed by atoms with Gasteiger partial charge in [-0.05, 0) is 41.8 Å². The van der Waals surface area contributed by atoms with E-state index in [4.69, 9.17) is 4.99 Å². The topological polar surface area (TPSA) is 58.7 Å². The highest BCUT2D eigenvalue weighted by atomic mass is 16.6. The third-order valence-electron chi connectivity index (χ3n) is 8.38. The Labute approximate surface area is 215 Å². The Hall–Kier alpha value is -4.25. The highest BCUT2D eigenvalue weighted by molar-refractivity contribution is 5.92. The lowest BCUT2D eigenvalue weighted by molar-refractivity contribution is -0.363. The van der Waals surface area contributed by atoms with Crippen molar-refractivity contribution in [1.29, 1.82) is 0 Å². The van der Waals surface area contributed by atoms with E-state index in [0.29, 0.717) is 11.1 Å². The molecule has 5 nitrogen and oxygen atoms in total. The average molecular weight is 486 g/mol. The molecule has 4 aromatic rings. The van der Waals surface area contributed by atoms with Crippen molar-refractivity contribution in [2.75, 3.05) is 4.90 Å². The van der Waals surface area contributed by atoms with E-state index in [9.17, 15) is 10.1 Å². The van der Waals surface area contributed by atoms with Crippen LogP contribution >= 0.6 is 0 Å². The largest absolute Gasteiger partial charge is 0.314 e. The van der Waals surface area contributed by atoms with Gasteiger partial charge in [0.25, 0.3) is 0 Å². The smallest absolute Gasteiger partial charge is 0.242 e. The van der Waals surface area contributed by atoms with Crippen molar-refractivity contribution in [1.82, 2.24) is 0 Å². The van der Waals surface area contributed by atoms with Gasteiger partial charge in [0.05, 0.1) is 21.2 Å². The second-order valence-electron chi connectivity index (χ2n) is 10.3. The summed E-state index contributed by atoms with van der Waals surface area (Å²) in [5.41, 5.74) is 4.15. The molecule has 3 unspecified atom stereocenters. The number of rotatable bonds is 3. The fraction of sp³-hybridized carbons (Fsp3) is 0.219. The highest BCUT2D eigenvalue weighted by Gasteiger charge is 2.55. The number of anilines is 1. The first-order chi connectivity index (χ1) is 18.2. The summed E-state index contributed by atoms with van der Waals surface area (Å²) in [5.74, 6) is 0.548. The number of fused-ring (bicyclic) bond motifs is 4. The van der Waals surface area contributed by atoms with Gasteiger partial charge < -0.3 is 4.90 Å². The van der Waals surface area contributed by atoms with Gasteiger partial charge in [0.2, 0.25) is 6.20 Å². The highest BCUT2D eigenvalue weighted by Crippen LogP contribution is 2.56. The molecule has 0 saturated heterocycles. The normalized spacial score (nSPS) is 24.6. The van der Waals surface area contributed by atoms with Gasteiger partial charge >= 0.3 is 0 Å². The summed E-state index contributed by atoms with van der Waals surface area (Å²) >= 11 is 0.